The van der Waals surface area contributed by atoms with E-state index in [4.69, 9.17) is 4.74 Å². The molecule has 0 aliphatic carbocycles. The highest BCUT2D eigenvalue weighted by atomic mass is 16.5. The minimum absolute atomic E-state index is 0.00874. The number of aromatic nitrogens is 5. The Labute approximate surface area is 140 Å². The Morgan fingerprint density at radius 3 is 3.08 bits per heavy atom. The summed E-state index contributed by atoms with van der Waals surface area (Å²) in [5.41, 5.74) is 0. The summed E-state index contributed by atoms with van der Waals surface area (Å²) in [6, 6.07) is 2.01. The average Bonchev–Trinajstić information content (AvgIpc) is 3.19. The Balaban J connectivity index is 1.51. The van der Waals surface area contributed by atoms with Crippen molar-refractivity contribution in [3.05, 3.63) is 24.9 Å². The van der Waals surface area contributed by atoms with Gasteiger partial charge in [0.25, 0.3) is 0 Å². The van der Waals surface area contributed by atoms with Crippen molar-refractivity contribution in [2.45, 2.75) is 32.5 Å². The zero-order chi connectivity index (χ0) is 16.9. The van der Waals surface area contributed by atoms with Crippen molar-refractivity contribution in [1.29, 1.82) is 0 Å². The fourth-order valence-corrected chi connectivity index (χ4v) is 2.78. The number of rotatable bonds is 6. The Morgan fingerprint density at radius 2 is 2.33 bits per heavy atom. The molecule has 0 radical (unpaired) electrons. The summed E-state index contributed by atoms with van der Waals surface area (Å²) >= 11 is 0. The fourth-order valence-electron chi connectivity index (χ4n) is 2.78. The highest BCUT2D eigenvalue weighted by Crippen LogP contribution is 2.13. The highest BCUT2D eigenvalue weighted by molar-refractivity contribution is 5.91. The molecule has 9 heteroatoms. The van der Waals surface area contributed by atoms with Gasteiger partial charge in [0.15, 0.2) is 0 Å². The molecule has 1 amide bonds. The van der Waals surface area contributed by atoms with E-state index in [9.17, 15) is 4.79 Å². The minimum Gasteiger partial charge on any atom is -0.374 e. The number of ether oxygens (including phenoxy) is 1. The van der Waals surface area contributed by atoms with Gasteiger partial charge in [-0.25, -0.2) is 9.67 Å². The van der Waals surface area contributed by atoms with E-state index in [2.05, 4.69) is 25.4 Å². The second-order valence-electron chi connectivity index (χ2n) is 6.15. The van der Waals surface area contributed by atoms with Gasteiger partial charge in [-0.3, -0.25) is 14.4 Å². The molecule has 130 valence electrons. The topological polar surface area (TPSA) is 90.1 Å². The van der Waals surface area contributed by atoms with E-state index >= 15 is 0 Å². The van der Waals surface area contributed by atoms with Gasteiger partial charge in [0.2, 0.25) is 5.91 Å². The van der Waals surface area contributed by atoms with Crippen LogP contribution in [0.3, 0.4) is 0 Å². The van der Waals surface area contributed by atoms with Crippen LogP contribution in [-0.2, 0) is 16.1 Å². The molecule has 3 rings (SSSR count). The molecule has 0 saturated carbocycles. The number of nitrogens with zero attached hydrogens (tertiary/aromatic N) is 6. The van der Waals surface area contributed by atoms with Gasteiger partial charge in [0.05, 0.1) is 32.0 Å². The number of carbonyl (C=O) groups is 1. The first-order valence-electron chi connectivity index (χ1n) is 8.11. The van der Waals surface area contributed by atoms with Crippen LogP contribution in [0.5, 0.6) is 0 Å². The third-order valence-corrected chi connectivity index (χ3v) is 3.87. The van der Waals surface area contributed by atoms with E-state index in [1.165, 1.54) is 6.33 Å². The highest BCUT2D eigenvalue weighted by Gasteiger charge is 2.23. The number of hydrogen-bond acceptors (Lipinski definition) is 6. The molecule has 1 N–H and O–H groups in total. The van der Waals surface area contributed by atoms with Crippen molar-refractivity contribution in [1.82, 2.24) is 29.4 Å². The molecule has 1 atom stereocenters. The zero-order valence-corrected chi connectivity index (χ0v) is 14.0. The van der Waals surface area contributed by atoms with Crippen molar-refractivity contribution < 1.29 is 9.53 Å². The molecule has 3 heterocycles. The Morgan fingerprint density at radius 1 is 1.46 bits per heavy atom. The van der Waals surface area contributed by atoms with E-state index in [-0.39, 0.29) is 18.1 Å². The van der Waals surface area contributed by atoms with Crippen molar-refractivity contribution >= 4 is 11.7 Å². The van der Waals surface area contributed by atoms with E-state index in [1.807, 2.05) is 19.9 Å². The Hall–Kier alpha value is -2.26. The smallest absolute Gasteiger partial charge is 0.239 e. The third kappa shape index (κ3) is 4.18. The maximum absolute atomic E-state index is 12.3. The molecule has 2 aromatic rings. The molecule has 0 spiro atoms. The van der Waals surface area contributed by atoms with Crippen LogP contribution in [0.15, 0.2) is 24.9 Å². The van der Waals surface area contributed by atoms with E-state index in [0.29, 0.717) is 26.2 Å². The number of morpholine rings is 1. The molecule has 24 heavy (non-hydrogen) atoms. The third-order valence-electron chi connectivity index (χ3n) is 3.87. The number of carbonyl (C=O) groups excluding carboxylic acids is 1. The van der Waals surface area contributed by atoms with E-state index in [1.54, 1.807) is 21.9 Å². The number of nitrogens with one attached hydrogen (secondary N) is 1. The number of amides is 1. The van der Waals surface area contributed by atoms with Gasteiger partial charge in [-0.2, -0.15) is 10.2 Å². The predicted octanol–water partition coefficient (Wildman–Crippen LogP) is 0.395. The molecule has 0 aromatic carbocycles. The van der Waals surface area contributed by atoms with Crippen molar-refractivity contribution in [2.75, 3.05) is 31.6 Å². The SMILES string of the molecule is CC(C)n1nccc1NC(=O)CN1CCO[C@@H](Cn2cncn2)C1. The molecule has 1 fully saturated rings. The summed E-state index contributed by atoms with van der Waals surface area (Å²) < 4.78 is 9.29. The lowest BCUT2D eigenvalue weighted by molar-refractivity contribution is -0.119. The number of hydrogen-bond donors (Lipinski definition) is 1. The van der Waals surface area contributed by atoms with E-state index in [0.717, 1.165) is 12.4 Å². The average molecular weight is 333 g/mol. The van der Waals surface area contributed by atoms with Gasteiger partial charge in [0.1, 0.15) is 18.5 Å². The molecular weight excluding hydrogens is 310 g/mol. The molecule has 1 saturated heterocycles. The summed E-state index contributed by atoms with van der Waals surface area (Å²) in [7, 11) is 0. The maximum atomic E-state index is 12.3. The van der Waals surface area contributed by atoms with E-state index < -0.39 is 0 Å². The van der Waals surface area contributed by atoms with Crippen molar-refractivity contribution in [3.63, 3.8) is 0 Å². The van der Waals surface area contributed by atoms with Crippen LogP contribution in [0.4, 0.5) is 5.82 Å². The van der Waals surface area contributed by atoms with Crippen LogP contribution in [0, 0.1) is 0 Å². The first-order chi connectivity index (χ1) is 11.6. The monoisotopic (exact) mass is 333 g/mol. The summed E-state index contributed by atoms with van der Waals surface area (Å²) in [5, 5.41) is 11.2. The lowest BCUT2D eigenvalue weighted by atomic mass is 10.2. The van der Waals surface area contributed by atoms with Crippen LogP contribution in [0.2, 0.25) is 0 Å². The number of anilines is 1. The normalized spacial score (nSPS) is 18.9. The van der Waals surface area contributed by atoms with Gasteiger partial charge in [-0.15, -0.1) is 0 Å². The first kappa shape index (κ1) is 16.6. The molecule has 1 aliphatic rings. The molecule has 0 unspecified atom stereocenters. The molecule has 9 nitrogen and oxygen atoms in total. The maximum Gasteiger partial charge on any atom is 0.239 e. The first-order valence-corrected chi connectivity index (χ1v) is 8.11. The quantitative estimate of drug-likeness (QED) is 0.823. The van der Waals surface area contributed by atoms with Gasteiger partial charge in [-0.1, -0.05) is 0 Å². The minimum atomic E-state index is -0.0428. The Bertz CT molecular complexity index is 653. The van der Waals surface area contributed by atoms with Gasteiger partial charge < -0.3 is 10.1 Å². The lowest BCUT2D eigenvalue weighted by Crippen LogP contribution is -2.47. The molecule has 2 aromatic heterocycles. The largest absolute Gasteiger partial charge is 0.374 e. The molecular formula is C15H23N7O2. The molecule has 0 bridgehead atoms. The van der Waals surface area contributed by atoms with Gasteiger partial charge >= 0.3 is 0 Å². The summed E-state index contributed by atoms with van der Waals surface area (Å²) in [6.07, 6.45) is 4.88. The van der Waals surface area contributed by atoms with Gasteiger partial charge in [-0.05, 0) is 13.8 Å². The standard InChI is InChI=1S/C15H23N7O2/c1-12(2)22-14(3-4-17-22)19-15(23)9-20-5-6-24-13(7-20)8-21-11-16-10-18-21/h3-4,10-13H,5-9H2,1-2H3,(H,19,23)/t13-/m1/s1. The second kappa shape index (κ2) is 7.54. The van der Waals surface area contributed by atoms with Crippen LogP contribution >= 0.6 is 0 Å². The summed E-state index contributed by atoms with van der Waals surface area (Å²) in [6.45, 7) is 7.06. The van der Waals surface area contributed by atoms with Crippen molar-refractivity contribution in [2.24, 2.45) is 0 Å². The molecule has 1 aliphatic heterocycles. The van der Waals surface area contributed by atoms with Crippen LogP contribution in [-0.4, -0.2) is 67.7 Å². The fraction of sp³-hybridized carbons (Fsp3) is 0.600. The predicted molar refractivity (Wildman–Crippen MR) is 87.4 cm³/mol. The van der Waals surface area contributed by atoms with Gasteiger partial charge in [0, 0.05) is 25.2 Å². The lowest BCUT2D eigenvalue weighted by Gasteiger charge is -2.32. The zero-order valence-electron chi connectivity index (χ0n) is 14.0. The van der Waals surface area contributed by atoms with Crippen LogP contribution < -0.4 is 5.32 Å². The van der Waals surface area contributed by atoms with Crippen LogP contribution in [0.25, 0.3) is 0 Å². The van der Waals surface area contributed by atoms with Crippen molar-refractivity contribution in [3.8, 4) is 0 Å². The Kier molecular flexibility index (Phi) is 5.21. The van der Waals surface area contributed by atoms with Crippen LogP contribution in [0.1, 0.15) is 19.9 Å². The summed E-state index contributed by atoms with van der Waals surface area (Å²) in [4.78, 5) is 18.3. The summed E-state index contributed by atoms with van der Waals surface area (Å²) in [5.74, 6) is 0.682. The second-order valence-corrected chi connectivity index (χ2v) is 6.15.